The second-order valence-corrected chi connectivity index (χ2v) is 4.61. The van der Waals surface area contributed by atoms with Crippen LogP contribution in [0.25, 0.3) is 10.9 Å². The highest BCUT2D eigenvalue weighted by atomic mass is 16.2. The van der Waals surface area contributed by atoms with Crippen LogP contribution in [-0.4, -0.2) is 16.8 Å². The zero-order valence-corrected chi connectivity index (χ0v) is 10.7. The van der Waals surface area contributed by atoms with E-state index in [-0.39, 0.29) is 11.8 Å². The molecule has 4 heteroatoms. The van der Waals surface area contributed by atoms with Crippen molar-refractivity contribution < 1.29 is 9.59 Å². The second kappa shape index (κ2) is 4.02. The van der Waals surface area contributed by atoms with E-state index in [0.29, 0.717) is 16.8 Å². The van der Waals surface area contributed by atoms with Crippen LogP contribution in [0.4, 0.5) is 5.69 Å². The summed E-state index contributed by atoms with van der Waals surface area (Å²) in [4.78, 5) is 29.6. The number of carbonyl (C=O) groups is 2. The molecule has 0 aliphatic carbocycles. The van der Waals surface area contributed by atoms with E-state index >= 15 is 0 Å². The molecule has 3 rings (SSSR count). The number of anilines is 1. The van der Waals surface area contributed by atoms with Gasteiger partial charge in [-0.2, -0.15) is 0 Å². The van der Waals surface area contributed by atoms with Crippen LogP contribution in [0.1, 0.15) is 12.6 Å². The maximum Gasteiger partial charge on any atom is 0.261 e. The van der Waals surface area contributed by atoms with Crippen molar-refractivity contribution in [1.82, 2.24) is 4.98 Å². The van der Waals surface area contributed by atoms with Gasteiger partial charge in [0.25, 0.3) is 11.8 Å². The maximum absolute atomic E-state index is 12.1. The molecule has 0 atom stereocenters. The number of para-hydroxylation sites is 1. The Morgan fingerprint density at radius 2 is 1.84 bits per heavy atom. The van der Waals surface area contributed by atoms with Gasteiger partial charge in [-0.1, -0.05) is 18.2 Å². The monoisotopic (exact) mass is 252 g/mol. The van der Waals surface area contributed by atoms with Gasteiger partial charge in [-0.15, -0.1) is 0 Å². The molecule has 1 aromatic heterocycles. The van der Waals surface area contributed by atoms with Crippen molar-refractivity contribution >= 4 is 28.4 Å². The fourth-order valence-electron chi connectivity index (χ4n) is 2.23. The number of carbonyl (C=O) groups excluding carboxylic acids is 2. The molecule has 2 amide bonds. The molecule has 19 heavy (non-hydrogen) atoms. The van der Waals surface area contributed by atoms with E-state index in [1.54, 1.807) is 13.0 Å². The van der Waals surface area contributed by atoms with Crippen LogP contribution in [0.2, 0.25) is 0 Å². The summed E-state index contributed by atoms with van der Waals surface area (Å²) >= 11 is 0. The Morgan fingerprint density at radius 3 is 2.53 bits per heavy atom. The Bertz CT molecular complexity index is 747. The lowest BCUT2D eigenvalue weighted by molar-refractivity contribution is -0.120. The molecular weight excluding hydrogens is 240 g/mol. The van der Waals surface area contributed by atoms with Gasteiger partial charge in [-0.3, -0.25) is 14.6 Å². The molecule has 0 N–H and O–H groups in total. The summed E-state index contributed by atoms with van der Waals surface area (Å²) in [5.41, 5.74) is 2.52. The smallest absolute Gasteiger partial charge is 0.261 e. The summed E-state index contributed by atoms with van der Waals surface area (Å²) in [6, 6.07) is 9.33. The van der Waals surface area contributed by atoms with Crippen LogP contribution < -0.4 is 4.90 Å². The third-order valence-electron chi connectivity index (χ3n) is 3.18. The van der Waals surface area contributed by atoms with Crippen molar-refractivity contribution in [3.8, 4) is 0 Å². The normalized spacial score (nSPS) is 15.3. The topological polar surface area (TPSA) is 50.3 Å². The minimum absolute atomic E-state index is 0.277. The van der Waals surface area contributed by atoms with E-state index in [4.69, 9.17) is 0 Å². The van der Waals surface area contributed by atoms with Gasteiger partial charge in [0.15, 0.2) is 0 Å². The van der Waals surface area contributed by atoms with Crippen LogP contribution in [0, 0.1) is 6.92 Å². The minimum Gasteiger partial charge on any atom is -0.269 e. The molecule has 4 nitrogen and oxygen atoms in total. The number of imide groups is 1. The summed E-state index contributed by atoms with van der Waals surface area (Å²) < 4.78 is 0. The molecule has 1 aliphatic rings. The first-order valence-corrected chi connectivity index (χ1v) is 6.01. The van der Waals surface area contributed by atoms with Gasteiger partial charge < -0.3 is 0 Å². The van der Waals surface area contributed by atoms with Crippen molar-refractivity contribution in [1.29, 1.82) is 0 Å². The average molecular weight is 252 g/mol. The number of fused-ring (bicyclic) bond motifs is 1. The van der Waals surface area contributed by atoms with Crippen LogP contribution in [0.5, 0.6) is 0 Å². The quantitative estimate of drug-likeness (QED) is 0.732. The molecule has 0 bridgehead atoms. The predicted molar refractivity (Wildman–Crippen MR) is 72.7 cm³/mol. The number of pyridine rings is 1. The van der Waals surface area contributed by atoms with E-state index in [2.05, 4.69) is 4.98 Å². The third kappa shape index (κ3) is 1.73. The lowest BCUT2D eigenvalue weighted by Crippen LogP contribution is -2.30. The van der Waals surface area contributed by atoms with Crippen molar-refractivity contribution in [3.63, 3.8) is 0 Å². The van der Waals surface area contributed by atoms with E-state index in [0.717, 1.165) is 11.1 Å². The number of amides is 2. The van der Waals surface area contributed by atoms with Crippen LogP contribution >= 0.6 is 0 Å². The first-order valence-electron chi connectivity index (χ1n) is 6.01. The standard InChI is InChI=1S/C15H12N2O2/c1-9-8-13(18)17(15(9)19)12-5-3-4-11-7-6-10(2)16-14(11)12/h3-8H,1-2H3. The zero-order chi connectivity index (χ0) is 13.6. The summed E-state index contributed by atoms with van der Waals surface area (Å²) in [6.45, 7) is 3.53. The molecule has 0 radical (unpaired) electrons. The number of nitrogens with zero attached hydrogens (tertiary/aromatic N) is 2. The number of aryl methyl sites for hydroxylation is 1. The summed E-state index contributed by atoms with van der Waals surface area (Å²) in [7, 11) is 0. The van der Waals surface area contributed by atoms with Gasteiger partial charge >= 0.3 is 0 Å². The van der Waals surface area contributed by atoms with E-state index in [1.165, 1.54) is 11.0 Å². The highest BCUT2D eigenvalue weighted by Gasteiger charge is 2.31. The fourth-order valence-corrected chi connectivity index (χ4v) is 2.23. The minimum atomic E-state index is -0.307. The van der Waals surface area contributed by atoms with Crippen LogP contribution in [0.15, 0.2) is 42.0 Å². The molecule has 1 aromatic carbocycles. The molecule has 0 unspecified atom stereocenters. The summed E-state index contributed by atoms with van der Waals surface area (Å²) in [5, 5.41) is 0.910. The lowest BCUT2D eigenvalue weighted by Gasteiger charge is -2.16. The summed E-state index contributed by atoms with van der Waals surface area (Å²) in [6.07, 6.45) is 1.36. The molecule has 0 saturated carbocycles. The van der Waals surface area contributed by atoms with Gasteiger partial charge in [0.1, 0.15) is 0 Å². The highest BCUT2D eigenvalue weighted by Crippen LogP contribution is 2.29. The Kier molecular flexibility index (Phi) is 2.45. The summed E-state index contributed by atoms with van der Waals surface area (Å²) in [5.74, 6) is -0.584. The van der Waals surface area contributed by atoms with Crippen molar-refractivity contribution in [2.24, 2.45) is 0 Å². The Morgan fingerprint density at radius 1 is 1.05 bits per heavy atom. The Balaban J connectivity index is 2.24. The predicted octanol–water partition coefficient (Wildman–Crippen LogP) is 2.36. The van der Waals surface area contributed by atoms with E-state index in [9.17, 15) is 9.59 Å². The van der Waals surface area contributed by atoms with Gasteiger partial charge in [-0.25, -0.2) is 4.90 Å². The average Bonchev–Trinajstić information content (AvgIpc) is 2.63. The highest BCUT2D eigenvalue weighted by molar-refractivity contribution is 6.31. The lowest BCUT2D eigenvalue weighted by atomic mass is 10.1. The molecule has 0 saturated heterocycles. The first-order chi connectivity index (χ1) is 9.08. The van der Waals surface area contributed by atoms with Crippen LogP contribution in [-0.2, 0) is 9.59 Å². The van der Waals surface area contributed by atoms with Crippen molar-refractivity contribution in [3.05, 3.63) is 47.7 Å². The van der Waals surface area contributed by atoms with E-state index in [1.807, 2.05) is 31.2 Å². The molecule has 2 heterocycles. The van der Waals surface area contributed by atoms with Gasteiger partial charge in [0.05, 0.1) is 11.2 Å². The molecule has 0 fully saturated rings. The molecule has 0 spiro atoms. The number of hydrogen-bond donors (Lipinski definition) is 0. The molecule has 1 aliphatic heterocycles. The Labute approximate surface area is 110 Å². The zero-order valence-electron chi connectivity index (χ0n) is 10.7. The van der Waals surface area contributed by atoms with Crippen molar-refractivity contribution in [2.45, 2.75) is 13.8 Å². The molecular formula is C15H12N2O2. The first kappa shape index (κ1) is 11.6. The number of aromatic nitrogens is 1. The Hall–Kier alpha value is -2.49. The van der Waals surface area contributed by atoms with Gasteiger partial charge in [0, 0.05) is 22.7 Å². The number of benzene rings is 1. The second-order valence-electron chi connectivity index (χ2n) is 4.61. The third-order valence-corrected chi connectivity index (χ3v) is 3.18. The van der Waals surface area contributed by atoms with E-state index < -0.39 is 0 Å². The fraction of sp³-hybridized carbons (Fsp3) is 0.133. The largest absolute Gasteiger partial charge is 0.269 e. The SMILES string of the molecule is CC1=CC(=O)N(c2cccc3ccc(C)nc23)C1=O. The van der Waals surface area contributed by atoms with Gasteiger partial charge in [0.2, 0.25) is 0 Å². The number of hydrogen-bond acceptors (Lipinski definition) is 3. The van der Waals surface area contributed by atoms with Crippen molar-refractivity contribution in [2.75, 3.05) is 4.90 Å². The van der Waals surface area contributed by atoms with Crippen LogP contribution in [0.3, 0.4) is 0 Å². The van der Waals surface area contributed by atoms with Gasteiger partial charge in [-0.05, 0) is 26.0 Å². The maximum atomic E-state index is 12.1. The molecule has 94 valence electrons. The molecule has 2 aromatic rings. The number of rotatable bonds is 1.